The molecule has 29 heavy (non-hydrogen) atoms. The number of nitrogens with zero attached hydrogens (tertiary/aromatic N) is 2. The van der Waals surface area contributed by atoms with E-state index in [4.69, 9.17) is 4.74 Å². The van der Waals surface area contributed by atoms with Crippen molar-refractivity contribution in [3.05, 3.63) is 86.1 Å². The lowest BCUT2D eigenvalue weighted by Crippen LogP contribution is -2.24. The Bertz CT molecular complexity index is 1100. The molecular formula is C22H20N2O5. The summed E-state index contributed by atoms with van der Waals surface area (Å²) in [6.45, 7) is 5.59. The van der Waals surface area contributed by atoms with Gasteiger partial charge in [0.15, 0.2) is 0 Å². The van der Waals surface area contributed by atoms with E-state index in [1.54, 1.807) is 13.0 Å². The van der Waals surface area contributed by atoms with E-state index < -0.39 is 16.8 Å². The molecule has 0 saturated heterocycles. The molecule has 1 amide bonds. The first-order valence-electron chi connectivity index (χ1n) is 8.92. The maximum atomic E-state index is 13.2. The van der Waals surface area contributed by atoms with Crippen molar-refractivity contribution in [2.24, 2.45) is 0 Å². The van der Waals surface area contributed by atoms with Crippen molar-refractivity contribution < 1.29 is 19.2 Å². The van der Waals surface area contributed by atoms with Gasteiger partial charge in [0, 0.05) is 23.5 Å². The molecule has 3 rings (SSSR count). The van der Waals surface area contributed by atoms with Crippen LogP contribution in [0.4, 0.5) is 11.4 Å². The Labute approximate surface area is 168 Å². The van der Waals surface area contributed by atoms with Gasteiger partial charge in [-0.15, -0.1) is 0 Å². The zero-order valence-electron chi connectivity index (χ0n) is 16.6. The predicted octanol–water partition coefficient (Wildman–Crippen LogP) is 4.09. The first-order valence-corrected chi connectivity index (χ1v) is 8.92. The average Bonchev–Trinajstić information content (AvgIpc) is 2.93. The highest BCUT2D eigenvalue weighted by Crippen LogP contribution is 2.36. The highest BCUT2D eigenvalue weighted by atomic mass is 16.6. The van der Waals surface area contributed by atoms with Gasteiger partial charge in [-0.25, -0.2) is 4.79 Å². The number of allylic oxidation sites excluding steroid dienone is 1. The maximum Gasteiger partial charge on any atom is 0.340 e. The summed E-state index contributed by atoms with van der Waals surface area (Å²) < 4.78 is 4.89. The molecule has 0 aliphatic carbocycles. The molecule has 2 aromatic carbocycles. The van der Waals surface area contributed by atoms with E-state index >= 15 is 0 Å². The number of anilines is 1. The number of hydrogen-bond donors (Lipinski definition) is 0. The van der Waals surface area contributed by atoms with E-state index in [-0.39, 0.29) is 16.8 Å². The molecule has 0 aromatic heterocycles. The Morgan fingerprint density at radius 1 is 1.10 bits per heavy atom. The summed E-state index contributed by atoms with van der Waals surface area (Å²) in [5.41, 5.74) is 3.80. The Morgan fingerprint density at radius 2 is 1.83 bits per heavy atom. The van der Waals surface area contributed by atoms with Gasteiger partial charge in [-0.05, 0) is 55.7 Å². The topological polar surface area (TPSA) is 89.8 Å². The van der Waals surface area contributed by atoms with E-state index in [2.05, 4.69) is 0 Å². The maximum absolute atomic E-state index is 13.2. The third-order valence-corrected chi connectivity index (χ3v) is 4.93. The monoisotopic (exact) mass is 392 g/mol. The van der Waals surface area contributed by atoms with Gasteiger partial charge in [-0.2, -0.15) is 0 Å². The summed E-state index contributed by atoms with van der Waals surface area (Å²) in [6, 6.07) is 11.5. The van der Waals surface area contributed by atoms with Crippen LogP contribution in [-0.4, -0.2) is 23.9 Å². The lowest BCUT2D eigenvalue weighted by atomic mass is 10.0. The van der Waals surface area contributed by atoms with Gasteiger partial charge in [0.25, 0.3) is 11.6 Å². The van der Waals surface area contributed by atoms with Crippen LogP contribution in [0.15, 0.2) is 59.3 Å². The Balaban J connectivity index is 2.15. The molecule has 1 aliphatic rings. The number of amides is 1. The second-order valence-electron chi connectivity index (χ2n) is 6.77. The van der Waals surface area contributed by atoms with Crippen molar-refractivity contribution in [1.82, 2.24) is 0 Å². The number of benzene rings is 2. The van der Waals surface area contributed by atoms with Crippen molar-refractivity contribution in [1.29, 1.82) is 0 Å². The molecule has 0 unspecified atom stereocenters. The molecule has 0 atom stereocenters. The number of ether oxygens (including phenoxy) is 1. The van der Waals surface area contributed by atoms with Gasteiger partial charge in [0.2, 0.25) is 0 Å². The standard InChI is InChI=1S/C22H20N2O5/c1-13-8-9-17(10-14(13)2)23-15(3)20(22(26)29-4)19(21(23)25)12-16-6-5-7-18(11-16)24(27)28/h5-12H,1-4H3/b19-12-. The van der Waals surface area contributed by atoms with Crippen LogP contribution >= 0.6 is 0 Å². The minimum atomic E-state index is -0.640. The van der Waals surface area contributed by atoms with E-state index in [0.29, 0.717) is 16.9 Å². The van der Waals surface area contributed by atoms with E-state index in [9.17, 15) is 19.7 Å². The normalized spacial score (nSPS) is 15.2. The van der Waals surface area contributed by atoms with Crippen molar-refractivity contribution in [3.63, 3.8) is 0 Å². The van der Waals surface area contributed by atoms with Gasteiger partial charge in [0.1, 0.15) is 0 Å². The summed E-state index contributed by atoms with van der Waals surface area (Å²) in [6.07, 6.45) is 1.48. The van der Waals surface area contributed by atoms with Gasteiger partial charge < -0.3 is 4.74 Å². The van der Waals surface area contributed by atoms with Crippen LogP contribution < -0.4 is 4.90 Å². The zero-order valence-corrected chi connectivity index (χ0v) is 16.6. The molecule has 0 saturated carbocycles. The average molecular weight is 392 g/mol. The number of nitro groups is 1. The summed E-state index contributed by atoms with van der Waals surface area (Å²) in [5, 5.41) is 11.0. The molecule has 0 fully saturated rings. The van der Waals surface area contributed by atoms with Crippen LogP contribution in [0, 0.1) is 24.0 Å². The molecular weight excluding hydrogens is 372 g/mol. The molecule has 7 nitrogen and oxygen atoms in total. The Kier molecular flexibility index (Phi) is 5.32. The highest BCUT2D eigenvalue weighted by Gasteiger charge is 2.38. The fraction of sp³-hybridized carbons (Fsp3) is 0.182. The molecule has 148 valence electrons. The molecule has 0 N–H and O–H groups in total. The fourth-order valence-corrected chi connectivity index (χ4v) is 3.25. The second kappa shape index (κ2) is 7.71. The first kappa shape index (κ1) is 20.0. The summed E-state index contributed by atoms with van der Waals surface area (Å²) in [5.74, 6) is -1.03. The van der Waals surface area contributed by atoms with Crippen LogP contribution in [0.25, 0.3) is 6.08 Å². The number of aryl methyl sites for hydroxylation is 2. The molecule has 1 heterocycles. The van der Waals surface area contributed by atoms with Crippen molar-refractivity contribution in [2.45, 2.75) is 20.8 Å². The van der Waals surface area contributed by atoms with Crippen molar-refractivity contribution in [3.8, 4) is 0 Å². The molecule has 0 bridgehead atoms. The largest absolute Gasteiger partial charge is 0.465 e. The molecule has 0 radical (unpaired) electrons. The minimum absolute atomic E-state index is 0.101. The molecule has 2 aromatic rings. The van der Waals surface area contributed by atoms with Crippen LogP contribution in [-0.2, 0) is 14.3 Å². The van der Waals surface area contributed by atoms with Crippen LogP contribution in [0.1, 0.15) is 23.6 Å². The number of carbonyl (C=O) groups is 2. The van der Waals surface area contributed by atoms with Crippen molar-refractivity contribution in [2.75, 3.05) is 12.0 Å². The number of rotatable bonds is 4. The highest BCUT2D eigenvalue weighted by molar-refractivity contribution is 6.23. The first-order chi connectivity index (χ1) is 13.7. The third kappa shape index (κ3) is 3.67. The van der Waals surface area contributed by atoms with E-state index in [0.717, 1.165) is 11.1 Å². The van der Waals surface area contributed by atoms with Crippen LogP contribution in [0.5, 0.6) is 0 Å². The fourth-order valence-electron chi connectivity index (χ4n) is 3.25. The van der Waals surface area contributed by atoms with Gasteiger partial charge in [-0.1, -0.05) is 18.2 Å². The molecule has 7 heteroatoms. The second-order valence-corrected chi connectivity index (χ2v) is 6.77. The summed E-state index contributed by atoms with van der Waals surface area (Å²) in [7, 11) is 1.25. The van der Waals surface area contributed by atoms with E-state index in [1.165, 1.54) is 36.3 Å². The lowest BCUT2D eigenvalue weighted by molar-refractivity contribution is -0.384. The SMILES string of the molecule is COC(=O)C1=C(C)N(c2ccc(C)c(C)c2)C(=O)/C1=C\c1cccc([N+](=O)[O-])c1. The van der Waals surface area contributed by atoms with Crippen molar-refractivity contribution >= 4 is 29.3 Å². The van der Waals surface area contributed by atoms with Gasteiger partial charge in [0.05, 0.1) is 23.2 Å². The van der Waals surface area contributed by atoms with Gasteiger partial charge >= 0.3 is 5.97 Å². The predicted molar refractivity (Wildman–Crippen MR) is 109 cm³/mol. The number of carbonyl (C=O) groups excluding carboxylic acids is 2. The molecule has 0 spiro atoms. The number of nitro benzene ring substituents is 1. The zero-order chi connectivity index (χ0) is 21.3. The summed E-state index contributed by atoms with van der Waals surface area (Å²) >= 11 is 0. The van der Waals surface area contributed by atoms with Crippen LogP contribution in [0.2, 0.25) is 0 Å². The minimum Gasteiger partial charge on any atom is -0.465 e. The van der Waals surface area contributed by atoms with Crippen LogP contribution in [0.3, 0.4) is 0 Å². The van der Waals surface area contributed by atoms with Gasteiger partial charge in [-0.3, -0.25) is 19.8 Å². The number of non-ortho nitro benzene ring substituents is 1. The third-order valence-electron chi connectivity index (χ3n) is 4.93. The Hall–Kier alpha value is -3.74. The number of esters is 1. The Morgan fingerprint density at radius 3 is 2.45 bits per heavy atom. The lowest BCUT2D eigenvalue weighted by Gasteiger charge is -2.19. The smallest absolute Gasteiger partial charge is 0.340 e. The number of hydrogen-bond acceptors (Lipinski definition) is 5. The van der Waals surface area contributed by atoms with E-state index in [1.807, 2.05) is 32.0 Å². The quantitative estimate of drug-likeness (QED) is 0.338. The summed E-state index contributed by atoms with van der Waals surface area (Å²) in [4.78, 5) is 37.7. The molecule has 1 aliphatic heterocycles. The number of methoxy groups -OCH3 is 1.